The molecule has 0 radical (unpaired) electrons. The Labute approximate surface area is 267 Å². The van der Waals surface area contributed by atoms with Crippen LogP contribution in [0, 0.1) is 6.92 Å². The molecule has 0 unspecified atom stereocenters. The largest absolute Gasteiger partial charge is 0.456 e. The van der Waals surface area contributed by atoms with Crippen LogP contribution in [0.15, 0.2) is 132 Å². The van der Waals surface area contributed by atoms with E-state index in [1.54, 1.807) is 11.3 Å². The monoisotopic (exact) mass is 628 g/mol. The van der Waals surface area contributed by atoms with Gasteiger partial charge in [-0.05, 0) is 97.9 Å². The summed E-state index contributed by atoms with van der Waals surface area (Å²) in [6.45, 7) is 2.09. The maximum atomic E-state index is 13.1. The van der Waals surface area contributed by atoms with Crippen LogP contribution in [0.3, 0.4) is 0 Å². The third-order valence-corrected chi connectivity index (χ3v) is 9.66. The van der Waals surface area contributed by atoms with E-state index in [1.807, 2.05) is 48.3 Å². The van der Waals surface area contributed by atoms with Gasteiger partial charge in [-0.15, -0.1) is 11.3 Å². The molecule has 226 valence electrons. The average molecular weight is 629 g/mol. The lowest BCUT2D eigenvalue weighted by molar-refractivity contribution is -0.137. The van der Waals surface area contributed by atoms with E-state index in [4.69, 9.17) is 4.42 Å². The Hall–Kier alpha value is -5.27. The molecule has 3 nitrogen and oxygen atoms in total. The highest BCUT2D eigenvalue weighted by molar-refractivity contribution is 7.25. The summed E-state index contributed by atoms with van der Waals surface area (Å²) in [6.07, 6.45) is -4.36. The summed E-state index contributed by atoms with van der Waals surface area (Å²) in [6, 6.07) is 41.0. The van der Waals surface area contributed by atoms with E-state index in [-0.39, 0.29) is 0 Å². The van der Waals surface area contributed by atoms with Crippen molar-refractivity contribution in [1.82, 2.24) is 0 Å². The highest BCUT2D eigenvalue weighted by atomic mass is 32.1. The summed E-state index contributed by atoms with van der Waals surface area (Å²) in [7, 11) is 1.87. The maximum absolute atomic E-state index is 13.1. The van der Waals surface area contributed by atoms with Gasteiger partial charge in [0.25, 0.3) is 0 Å². The zero-order chi connectivity index (χ0) is 31.6. The van der Waals surface area contributed by atoms with Gasteiger partial charge in [0.1, 0.15) is 11.2 Å². The minimum atomic E-state index is -4.36. The van der Waals surface area contributed by atoms with Crippen molar-refractivity contribution in [2.24, 2.45) is 0 Å². The number of furan rings is 1. The van der Waals surface area contributed by atoms with Crippen molar-refractivity contribution in [2.75, 3.05) is 16.8 Å². The summed E-state index contributed by atoms with van der Waals surface area (Å²) >= 11 is 1.71. The first-order valence-corrected chi connectivity index (χ1v) is 15.7. The van der Waals surface area contributed by atoms with E-state index in [0.717, 1.165) is 77.0 Å². The van der Waals surface area contributed by atoms with Crippen LogP contribution in [0.5, 0.6) is 0 Å². The summed E-state index contributed by atoms with van der Waals surface area (Å²) in [4.78, 5) is 4.17. The van der Waals surface area contributed by atoms with Gasteiger partial charge in [-0.2, -0.15) is 13.2 Å². The molecule has 0 bridgehead atoms. The van der Waals surface area contributed by atoms with Crippen LogP contribution in [-0.2, 0) is 6.18 Å². The summed E-state index contributed by atoms with van der Waals surface area (Å²) < 4.78 is 47.7. The van der Waals surface area contributed by atoms with Crippen molar-refractivity contribution >= 4 is 81.9 Å². The van der Waals surface area contributed by atoms with Crippen LogP contribution in [0.1, 0.15) is 11.1 Å². The Morgan fingerprint density at radius 3 is 1.80 bits per heavy atom. The normalized spacial score (nSPS) is 12.0. The lowest BCUT2D eigenvalue weighted by Crippen LogP contribution is -2.10. The Bertz CT molecular complexity index is 2390. The summed E-state index contributed by atoms with van der Waals surface area (Å²) in [5.41, 5.74) is 6.97. The zero-order valence-corrected chi connectivity index (χ0v) is 25.8. The second-order valence-electron chi connectivity index (χ2n) is 11.5. The first-order chi connectivity index (χ1) is 22.2. The van der Waals surface area contributed by atoms with E-state index in [1.165, 1.54) is 17.7 Å². The van der Waals surface area contributed by atoms with Crippen LogP contribution in [0.4, 0.5) is 41.6 Å². The van der Waals surface area contributed by atoms with E-state index in [2.05, 4.69) is 78.6 Å². The minimum Gasteiger partial charge on any atom is -0.456 e. The second-order valence-corrected chi connectivity index (χ2v) is 12.6. The molecule has 2 heterocycles. The molecule has 2 aromatic heterocycles. The molecule has 7 heteroatoms. The number of thiophene rings is 1. The predicted molar refractivity (Wildman–Crippen MR) is 186 cm³/mol. The molecule has 8 aromatic rings. The number of anilines is 5. The number of benzene rings is 6. The van der Waals surface area contributed by atoms with Crippen LogP contribution in [0.25, 0.3) is 42.1 Å². The topological polar surface area (TPSA) is 19.6 Å². The molecule has 0 amide bonds. The van der Waals surface area contributed by atoms with Crippen LogP contribution < -0.4 is 9.80 Å². The smallest absolute Gasteiger partial charge is 0.416 e. The average Bonchev–Trinajstić information content (AvgIpc) is 3.61. The second kappa shape index (κ2) is 10.7. The molecule has 6 aromatic carbocycles. The molecule has 0 atom stereocenters. The minimum absolute atomic E-state index is 0.655. The third kappa shape index (κ3) is 4.84. The molecular formula is C39H27F3N2OS. The van der Waals surface area contributed by atoms with Crippen molar-refractivity contribution < 1.29 is 17.6 Å². The van der Waals surface area contributed by atoms with Crippen LogP contribution in [0.2, 0.25) is 0 Å². The number of rotatable bonds is 5. The Balaban J connectivity index is 1.20. The molecule has 0 saturated carbocycles. The van der Waals surface area contributed by atoms with Gasteiger partial charge in [0.15, 0.2) is 0 Å². The molecule has 0 N–H and O–H groups in total. The zero-order valence-electron chi connectivity index (χ0n) is 25.0. The van der Waals surface area contributed by atoms with Gasteiger partial charge in [0.05, 0.1) is 5.56 Å². The molecule has 0 aliphatic rings. The fraction of sp³-hybridized carbons (Fsp3) is 0.0769. The van der Waals surface area contributed by atoms with Gasteiger partial charge in [0, 0.05) is 66.4 Å². The molecule has 0 saturated heterocycles. The Morgan fingerprint density at radius 2 is 1.11 bits per heavy atom. The molecule has 0 spiro atoms. The van der Waals surface area contributed by atoms with Crippen molar-refractivity contribution in [2.45, 2.75) is 13.1 Å². The highest BCUT2D eigenvalue weighted by Gasteiger charge is 2.30. The van der Waals surface area contributed by atoms with E-state index in [9.17, 15) is 13.2 Å². The number of fused-ring (bicyclic) bond motifs is 6. The number of aryl methyl sites for hydroxylation is 1. The fourth-order valence-corrected chi connectivity index (χ4v) is 7.34. The van der Waals surface area contributed by atoms with Gasteiger partial charge in [-0.1, -0.05) is 42.0 Å². The lowest BCUT2D eigenvalue weighted by Gasteiger charge is -2.25. The van der Waals surface area contributed by atoms with Gasteiger partial charge in [0.2, 0.25) is 0 Å². The molecule has 0 fully saturated rings. The van der Waals surface area contributed by atoms with Gasteiger partial charge in [-0.25, -0.2) is 0 Å². The molecular weight excluding hydrogens is 602 g/mol. The van der Waals surface area contributed by atoms with E-state index < -0.39 is 11.7 Å². The van der Waals surface area contributed by atoms with Crippen molar-refractivity contribution in [3.05, 3.63) is 139 Å². The quantitative estimate of drug-likeness (QED) is 0.189. The lowest BCUT2D eigenvalue weighted by atomic mass is 10.1. The fourth-order valence-electron chi connectivity index (χ4n) is 6.17. The first kappa shape index (κ1) is 28.2. The van der Waals surface area contributed by atoms with Crippen molar-refractivity contribution in [3.8, 4) is 0 Å². The summed E-state index contributed by atoms with van der Waals surface area (Å²) in [5, 5.41) is 4.47. The number of alkyl halides is 3. The molecule has 46 heavy (non-hydrogen) atoms. The van der Waals surface area contributed by atoms with Gasteiger partial charge in [-0.3, -0.25) is 0 Å². The molecule has 0 aliphatic heterocycles. The van der Waals surface area contributed by atoms with Crippen molar-refractivity contribution in [1.29, 1.82) is 0 Å². The Morgan fingerprint density at radius 1 is 0.543 bits per heavy atom. The van der Waals surface area contributed by atoms with Crippen LogP contribution >= 0.6 is 11.3 Å². The first-order valence-electron chi connectivity index (χ1n) is 14.9. The van der Waals surface area contributed by atoms with Crippen LogP contribution in [-0.4, -0.2) is 7.05 Å². The SMILES string of the molecule is Cc1ccc2oc3ccc(N(c4ccccc4)c4ccc5c(c4)sc4cc(N(C)c6ccc(C(F)(F)F)cc6)ccc45)cc3c2c1. The number of nitrogens with zero attached hydrogens (tertiary/aromatic N) is 2. The van der Waals surface area contributed by atoms with E-state index in [0.29, 0.717) is 5.69 Å². The number of hydrogen-bond donors (Lipinski definition) is 0. The number of hydrogen-bond acceptors (Lipinski definition) is 4. The summed E-state index contributed by atoms with van der Waals surface area (Å²) in [5.74, 6) is 0. The Kier molecular flexibility index (Phi) is 6.55. The van der Waals surface area contributed by atoms with Gasteiger partial charge >= 0.3 is 6.18 Å². The molecule has 8 rings (SSSR count). The molecule has 0 aliphatic carbocycles. The highest BCUT2D eigenvalue weighted by Crippen LogP contribution is 2.43. The standard InChI is InChI=1S/C39H27F3N2OS/c1-24-8-18-35-33(20-24)34-21-29(15-19-36(34)45-35)44(27-6-4-3-5-7-27)30-14-17-32-31-16-13-28(22-37(31)46-38(32)23-30)43(2)26-11-9-25(10-12-26)39(40,41)42/h3-23H,1-2H3. The maximum Gasteiger partial charge on any atom is 0.416 e. The van der Waals surface area contributed by atoms with E-state index >= 15 is 0 Å². The third-order valence-electron chi connectivity index (χ3n) is 8.55. The van der Waals surface area contributed by atoms with Gasteiger partial charge < -0.3 is 14.2 Å². The number of para-hydroxylation sites is 1. The predicted octanol–water partition coefficient (Wildman–Crippen LogP) is 12.5. The van der Waals surface area contributed by atoms with Crippen molar-refractivity contribution in [3.63, 3.8) is 0 Å². The number of halogens is 3.